The molecule has 1 unspecified atom stereocenters. The Morgan fingerprint density at radius 3 is 3.10 bits per heavy atom. The van der Waals surface area contributed by atoms with Crippen LogP contribution in [-0.2, 0) is 4.79 Å². The van der Waals surface area contributed by atoms with Gasteiger partial charge >= 0.3 is 0 Å². The highest BCUT2D eigenvalue weighted by Crippen LogP contribution is 2.22. The molecule has 1 atom stereocenters. The zero-order valence-corrected chi connectivity index (χ0v) is 11.8. The fourth-order valence-electron chi connectivity index (χ4n) is 1.93. The van der Waals surface area contributed by atoms with Crippen LogP contribution in [0.4, 0.5) is 0 Å². The molecule has 5 nitrogen and oxygen atoms in total. The summed E-state index contributed by atoms with van der Waals surface area (Å²) >= 11 is 1.67. The minimum Gasteiger partial charge on any atom is -0.298 e. The first-order chi connectivity index (χ1) is 9.72. The highest BCUT2D eigenvalue weighted by Gasteiger charge is 2.18. The molecule has 0 spiro atoms. The van der Waals surface area contributed by atoms with E-state index in [1.165, 1.54) is 0 Å². The van der Waals surface area contributed by atoms with Gasteiger partial charge in [0, 0.05) is 29.6 Å². The average Bonchev–Trinajstić information content (AvgIpc) is 3.09. The van der Waals surface area contributed by atoms with E-state index in [1.54, 1.807) is 23.9 Å². The maximum absolute atomic E-state index is 11.3. The number of thiophene rings is 1. The number of carbonyl (C=O) groups excluding carboxylic acids is 1. The first kappa shape index (κ1) is 12.8. The Balaban J connectivity index is 1.72. The summed E-state index contributed by atoms with van der Waals surface area (Å²) in [4.78, 5) is 16.5. The van der Waals surface area contributed by atoms with Gasteiger partial charge in [-0.3, -0.25) is 9.36 Å². The minimum atomic E-state index is -0.0167. The van der Waals surface area contributed by atoms with Gasteiger partial charge < -0.3 is 0 Å². The Hall–Kier alpha value is -2.21. The van der Waals surface area contributed by atoms with Gasteiger partial charge in [0.05, 0.1) is 12.0 Å². The molecule has 1 aliphatic rings. The van der Waals surface area contributed by atoms with E-state index in [0.29, 0.717) is 6.42 Å². The summed E-state index contributed by atoms with van der Waals surface area (Å²) in [6.07, 6.45) is 10.1. The normalized spacial score (nSPS) is 19.1. The first-order valence-corrected chi connectivity index (χ1v) is 7.17. The van der Waals surface area contributed by atoms with Crippen molar-refractivity contribution in [2.75, 3.05) is 0 Å². The second kappa shape index (κ2) is 5.42. The number of imidazole rings is 1. The first-order valence-electron chi connectivity index (χ1n) is 6.35. The molecule has 0 fully saturated rings. The van der Waals surface area contributed by atoms with Crippen molar-refractivity contribution < 1.29 is 4.79 Å². The molecule has 20 heavy (non-hydrogen) atoms. The van der Waals surface area contributed by atoms with Crippen LogP contribution in [0.2, 0.25) is 0 Å². The SMILES string of the molecule is CC1CC(/C=C/c2ccc(-n3ccnc3)s2)=NNC1=O. The van der Waals surface area contributed by atoms with Gasteiger partial charge in [0.2, 0.25) is 5.91 Å². The van der Waals surface area contributed by atoms with E-state index in [4.69, 9.17) is 0 Å². The van der Waals surface area contributed by atoms with Crippen LogP contribution in [0, 0.1) is 5.92 Å². The molecule has 6 heteroatoms. The molecule has 1 N–H and O–H groups in total. The molecule has 3 heterocycles. The Morgan fingerprint density at radius 1 is 1.45 bits per heavy atom. The lowest BCUT2D eigenvalue weighted by molar-refractivity contribution is -0.124. The van der Waals surface area contributed by atoms with E-state index < -0.39 is 0 Å². The summed E-state index contributed by atoms with van der Waals surface area (Å²) in [6, 6.07) is 4.11. The molecule has 3 rings (SSSR count). The topological polar surface area (TPSA) is 59.3 Å². The summed E-state index contributed by atoms with van der Waals surface area (Å²) in [6.45, 7) is 1.90. The van der Waals surface area contributed by atoms with Crippen LogP contribution in [-0.4, -0.2) is 21.2 Å². The van der Waals surface area contributed by atoms with E-state index >= 15 is 0 Å². The van der Waals surface area contributed by atoms with Crippen LogP contribution in [0.25, 0.3) is 11.1 Å². The lowest BCUT2D eigenvalue weighted by Gasteiger charge is -2.15. The lowest BCUT2D eigenvalue weighted by atomic mass is 10.0. The third kappa shape index (κ3) is 2.70. The molecule has 102 valence electrons. The van der Waals surface area contributed by atoms with Crippen LogP contribution in [0.15, 0.2) is 42.0 Å². The number of nitrogens with zero attached hydrogens (tertiary/aromatic N) is 3. The standard InChI is InChI=1S/C14H14N4OS/c1-10-8-11(16-17-14(10)19)2-3-12-4-5-13(20-12)18-7-6-15-9-18/h2-7,9-10H,8H2,1H3,(H,17,19)/b3-2+. The fourth-order valence-corrected chi connectivity index (χ4v) is 2.80. The highest BCUT2D eigenvalue weighted by atomic mass is 32.1. The second-order valence-corrected chi connectivity index (χ2v) is 5.76. The summed E-state index contributed by atoms with van der Waals surface area (Å²) < 4.78 is 1.97. The van der Waals surface area contributed by atoms with E-state index in [0.717, 1.165) is 15.6 Å². The number of hydrogen-bond donors (Lipinski definition) is 1. The van der Waals surface area contributed by atoms with Gasteiger partial charge in [0.15, 0.2) is 0 Å². The molecular formula is C14H14N4OS. The van der Waals surface area contributed by atoms with Crippen LogP contribution in [0.1, 0.15) is 18.2 Å². The smallest absolute Gasteiger partial charge is 0.243 e. The minimum absolute atomic E-state index is 0.0133. The summed E-state index contributed by atoms with van der Waals surface area (Å²) in [7, 11) is 0. The number of allylic oxidation sites excluding steroid dienone is 1. The molecular weight excluding hydrogens is 272 g/mol. The maximum atomic E-state index is 11.3. The Labute approximate surface area is 120 Å². The van der Waals surface area contributed by atoms with E-state index in [2.05, 4.69) is 27.6 Å². The van der Waals surface area contributed by atoms with Gasteiger partial charge in [0.1, 0.15) is 5.00 Å². The van der Waals surface area contributed by atoms with Gasteiger partial charge in [-0.05, 0) is 24.3 Å². The lowest BCUT2D eigenvalue weighted by Crippen LogP contribution is -2.32. The van der Waals surface area contributed by atoms with Crippen molar-refractivity contribution in [3.63, 3.8) is 0 Å². The van der Waals surface area contributed by atoms with Gasteiger partial charge in [-0.25, -0.2) is 10.4 Å². The van der Waals surface area contributed by atoms with Crippen LogP contribution in [0.5, 0.6) is 0 Å². The summed E-state index contributed by atoms with van der Waals surface area (Å²) in [5.41, 5.74) is 3.43. The van der Waals surface area contributed by atoms with Crippen LogP contribution >= 0.6 is 11.3 Å². The number of carbonyl (C=O) groups is 1. The van der Waals surface area contributed by atoms with Crippen molar-refractivity contribution >= 4 is 29.0 Å². The Bertz CT molecular complexity index is 669. The van der Waals surface area contributed by atoms with Gasteiger partial charge in [-0.1, -0.05) is 6.92 Å². The molecule has 0 saturated heterocycles. The number of nitrogens with one attached hydrogen (secondary N) is 1. The zero-order chi connectivity index (χ0) is 13.9. The van der Waals surface area contributed by atoms with Crippen molar-refractivity contribution in [2.45, 2.75) is 13.3 Å². The number of aromatic nitrogens is 2. The molecule has 0 radical (unpaired) electrons. The third-order valence-electron chi connectivity index (χ3n) is 3.08. The number of hydrazone groups is 1. The van der Waals surface area contributed by atoms with Crippen LogP contribution in [0.3, 0.4) is 0 Å². The monoisotopic (exact) mass is 286 g/mol. The van der Waals surface area contributed by atoms with Crippen molar-refractivity contribution in [1.29, 1.82) is 0 Å². The largest absolute Gasteiger partial charge is 0.298 e. The predicted octanol–water partition coefficient (Wildman–Crippen LogP) is 2.46. The van der Waals surface area contributed by atoms with Crippen molar-refractivity contribution in [3.05, 3.63) is 41.8 Å². The summed E-state index contributed by atoms with van der Waals surface area (Å²) in [5.74, 6) is -0.0299. The number of rotatable bonds is 3. The van der Waals surface area contributed by atoms with E-state index in [9.17, 15) is 4.79 Å². The molecule has 0 aromatic carbocycles. The molecule has 1 amide bonds. The quantitative estimate of drug-likeness (QED) is 0.942. The van der Waals surface area contributed by atoms with E-state index in [1.807, 2.05) is 29.8 Å². The highest BCUT2D eigenvalue weighted by molar-refractivity contribution is 7.15. The summed E-state index contributed by atoms with van der Waals surface area (Å²) in [5, 5.41) is 5.17. The predicted molar refractivity (Wildman–Crippen MR) is 79.8 cm³/mol. The number of amides is 1. The van der Waals surface area contributed by atoms with Gasteiger partial charge in [-0.15, -0.1) is 11.3 Å². The van der Waals surface area contributed by atoms with Crippen LogP contribution < -0.4 is 5.43 Å². The molecule has 0 aliphatic carbocycles. The molecule has 1 aliphatic heterocycles. The molecule has 2 aromatic rings. The Morgan fingerprint density at radius 2 is 2.35 bits per heavy atom. The molecule has 2 aromatic heterocycles. The Kier molecular flexibility index (Phi) is 3.47. The zero-order valence-electron chi connectivity index (χ0n) is 11.0. The number of hydrogen-bond acceptors (Lipinski definition) is 4. The second-order valence-electron chi connectivity index (χ2n) is 4.66. The fraction of sp³-hybridized carbons (Fsp3) is 0.214. The third-order valence-corrected chi connectivity index (χ3v) is 4.15. The van der Waals surface area contributed by atoms with E-state index in [-0.39, 0.29) is 11.8 Å². The molecule has 0 saturated carbocycles. The van der Waals surface area contributed by atoms with Crippen molar-refractivity contribution in [3.8, 4) is 5.00 Å². The van der Waals surface area contributed by atoms with Gasteiger partial charge in [0.25, 0.3) is 0 Å². The maximum Gasteiger partial charge on any atom is 0.243 e. The molecule has 0 bridgehead atoms. The van der Waals surface area contributed by atoms with Crippen molar-refractivity contribution in [2.24, 2.45) is 11.0 Å². The average molecular weight is 286 g/mol. The van der Waals surface area contributed by atoms with Crippen molar-refractivity contribution in [1.82, 2.24) is 15.0 Å². The van der Waals surface area contributed by atoms with Gasteiger partial charge in [-0.2, -0.15) is 5.10 Å².